The fourth-order valence-electron chi connectivity index (χ4n) is 5.02. The van der Waals surface area contributed by atoms with Gasteiger partial charge in [-0.15, -0.1) is 5.10 Å². The van der Waals surface area contributed by atoms with Crippen molar-refractivity contribution in [2.75, 3.05) is 38.2 Å². The van der Waals surface area contributed by atoms with Gasteiger partial charge in [0.15, 0.2) is 5.82 Å². The van der Waals surface area contributed by atoms with Crippen molar-refractivity contribution in [3.8, 4) is 5.75 Å². The number of tetrazole rings is 1. The SMILES string of the molecule is COc1ccc2[nH]c(=O)c(C(c3nnnn3C(C)(C)C)N3CCN(c4cc(Cl)ccc4C)CC3)cc2c1. The molecule has 2 aromatic carbocycles. The van der Waals surface area contributed by atoms with Crippen molar-refractivity contribution < 1.29 is 4.74 Å². The van der Waals surface area contributed by atoms with E-state index in [0.717, 1.165) is 53.5 Å². The van der Waals surface area contributed by atoms with Crippen LogP contribution < -0.4 is 15.2 Å². The number of methoxy groups -OCH3 is 1. The minimum atomic E-state index is -0.420. The number of pyridine rings is 1. The van der Waals surface area contributed by atoms with E-state index in [1.807, 2.05) is 47.1 Å². The molecule has 0 amide bonds. The monoisotopic (exact) mass is 521 g/mol. The van der Waals surface area contributed by atoms with E-state index in [1.165, 1.54) is 5.56 Å². The number of aromatic amines is 1. The number of hydrogen-bond acceptors (Lipinski definition) is 7. The molecule has 37 heavy (non-hydrogen) atoms. The van der Waals surface area contributed by atoms with Gasteiger partial charge < -0.3 is 14.6 Å². The molecule has 0 aliphatic carbocycles. The van der Waals surface area contributed by atoms with Crippen LogP contribution in [-0.2, 0) is 5.54 Å². The van der Waals surface area contributed by atoms with Crippen LogP contribution in [0.4, 0.5) is 5.69 Å². The Morgan fingerprint density at radius 1 is 1.05 bits per heavy atom. The number of aromatic nitrogens is 5. The molecule has 1 unspecified atom stereocenters. The van der Waals surface area contributed by atoms with Gasteiger partial charge in [0.2, 0.25) is 0 Å². The van der Waals surface area contributed by atoms with Crippen LogP contribution >= 0.6 is 11.6 Å². The Morgan fingerprint density at radius 3 is 2.51 bits per heavy atom. The summed E-state index contributed by atoms with van der Waals surface area (Å²) in [6, 6.07) is 13.1. The number of nitrogens with zero attached hydrogens (tertiary/aromatic N) is 6. The summed E-state index contributed by atoms with van der Waals surface area (Å²) in [5.41, 5.74) is 3.17. The maximum Gasteiger partial charge on any atom is 0.253 e. The van der Waals surface area contributed by atoms with Crippen LogP contribution in [0.5, 0.6) is 5.75 Å². The number of anilines is 1. The first kappa shape index (κ1) is 25.2. The van der Waals surface area contributed by atoms with Gasteiger partial charge in [0.05, 0.1) is 12.6 Å². The smallest absolute Gasteiger partial charge is 0.253 e. The molecule has 1 saturated heterocycles. The van der Waals surface area contributed by atoms with Crippen molar-refractivity contribution in [3.63, 3.8) is 0 Å². The second-order valence-corrected chi connectivity index (χ2v) is 10.9. The number of aryl methyl sites for hydroxylation is 1. The van der Waals surface area contributed by atoms with E-state index in [0.29, 0.717) is 11.4 Å². The van der Waals surface area contributed by atoms with Crippen molar-refractivity contribution in [1.29, 1.82) is 0 Å². The van der Waals surface area contributed by atoms with E-state index in [1.54, 1.807) is 7.11 Å². The maximum atomic E-state index is 13.5. The number of nitrogens with one attached hydrogen (secondary N) is 1. The molecule has 4 aromatic rings. The number of halogens is 1. The molecule has 9 nitrogen and oxygen atoms in total. The summed E-state index contributed by atoms with van der Waals surface area (Å²) < 4.78 is 7.24. The standard InChI is InChI=1S/C27H32ClN7O2/c1-17-6-7-19(28)16-23(17)33-10-12-34(13-11-33)24(25-30-31-32-35(25)27(2,3)4)21-15-18-14-20(37-5)8-9-22(18)29-26(21)36/h6-9,14-16,24H,10-13H2,1-5H3,(H,29,36). The number of H-pyrrole nitrogens is 1. The summed E-state index contributed by atoms with van der Waals surface area (Å²) in [4.78, 5) is 21.2. The highest BCUT2D eigenvalue weighted by molar-refractivity contribution is 6.30. The van der Waals surface area contributed by atoms with Crippen molar-refractivity contribution in [2.45, 2.75) is 39.3 Å². The lowest BCUT2D eigenvalue weighted by molar-refractivity contribution is 0.190. The summed E-state index contributed by atoms with van der Waals surface area (Å²) in [5, 5.41) is 14.4. The topological polar surface area (TPSA) is 92.2 Å². The molecular weight excluding hydrogens is 490 g/mol. The number of piperazine rings is 1. The highest BCUT2D eigenvalue weighted by Crippen LogP contribution is 2.32. The van der Waals surface area contributed by atoms with Gasteiger partial charge in [0, 0.05) is 53.4 Å². The molecule has 3 heterocycles. The molecule has 1 atom stereocenters. The Kier molecular flexibility index (Phi) is 6.68. The minimum absolute atomic E-state index is 0.153. The van der Waals surface area contributed by atoms with Crippen molar-refractivity contribution >= 4 is 28.2 Å². The second kappa shape index (κ2) is 9.79. The third-order valence-electron chi connectivity index (χ3n) is 6.94. The molecule has 1 aliphatic rings. The molecule has 2 aromatic heterocycles. The largest absolute Gasteiger partial charge is 0.497 e. The normalized spacial score (nSPS) is 15.8. The number of hydrogen-bond donors (Lipinski definition) is 1. The zero-order valence-electron chi connectivity index (χ0n) is 21.8. The summed E-state index contributed by atoms with van der Waals surface area (Å²) in [6.45, 7) is 11.3. The van der Waals surface area contributed by atoms with Crippen LogP contribution in [0.2, 0.25) is 5.02 Å². The average molecular weight is 522 g/mol. The lowest BCUT2D eigenvalue weighted by Gasteiger charge is -2.40. The van der Waals surface area contributed by atoms with Gasteiger partial charge in [-0.1, -0.05) is 17.7 Å². The van der Waals surface area contributed by atoms with Gasteiger partial charge >= 0.3 is 0 Å². The quantitative estimate of drug-likeness (QED) is 0.421. The highest BCUT2D eigenvalue weighted by Gasteiger charge is 2.35. The van der Waals surface area contributed by atoms with Crippen LogP contribution in [0.25, 0.3) is 10.9 Å². The van der Waals surface area contributed by atoms with E-state index < -0.39 is 6.04 Å². The molecule has 0 spiro atoms. The third kappa shape index (κ3) is 4.93. The summed E-state index contributed by atoms with van der Waals surface area (Å²) in [6.07, 6.45) is 0. The van der Waals surface area contributed by atoms with E-state index >= 15 is 0 Å². The molecule has 194 valence electrons. The first-order valence-corrected chi connectivity index (χ1v) is 12.8. The Balaban J connectivity index is 1.56. The fraction of sp³-hybridized carbons (Fsp3) is 0.407. The predicted molar refractivity (Wildman–Crippen MR) is 146 cm³/mol. The number of rotatable bonds is 5. The number of ether oxygens (including phenoxy) is 1. The van der Waals surface area contributed by atoms with E-state index in [4.69, 9.17) is 16.3 Å². The fourth-order valence-corrected chi connectivity index (χ4v) is 5.18. The highest BCUT2D eigenvalue weighted by atomic mass is 35.5. The first-order valence-electron chi connectivity index (χ1n) is 12.4. The lowest BCUT2D eigenvalue weighted by Crippen LogP contribution is -2.49. The van der Waals surface area contributed by atoms with Gasteiger partial charge in [0.1, 0.15) is 11.8 Å². The molecule has 5 rings (SSSR count). The molecule has 1 fully saturated rings. The van der Waals surface area contributed by atoms with Gasteiger partial charge in [-0.05, 0) is 80.1 Å². The Bertz CT molecular complexity index is 1480. The van der Waals surface area contributed by atoms with Crippen LogP contribution in [0.3, 0.4) is 0 Å². The predicted octanol–water partition coefficient (Wildman–Crippen LogP) is 4.15. The summed E-state index contributed by atoms with van der Waals surface area (Å²) in [5.74, 6) is 1.37. The molecule has 1 N–H and O–H groups in total. The van der Waals surface area contributed by atoms with E-state index in [-0.39, 0.29) is 11.1 Å². The Morgan fingerprint density at radius 2 is 1.81 bits per heavy atom. The molecule has 0 saturated carbocycles. The summed E-state index contributed by atoms with van der Waals surface area (Å²) >= 11 is 6.30. The third-order valence-corrected chi connectivity index (χ3v) is 7.17. The Labute approximate surface area is 221 Å². The van der Waals surface area contributed by atoms with Crippen molar-refractivity contribution in [2.24, 2.45) is 0 Å². The minimum Gasteiger partial charge on any atom is -0.497 e. The Hall–Kier alpha value is -3.43. The second-order valence-electron chi connectivity index (χ2n) is 10.5. The molecular formula is C27H32ClN7O2. The van der Waals surface area contributed by atoms with Gasteiger partial charge in [-0.25, -0.2) is 4.68 Å². The first-order chi connectivity index (χ1) is 17.7. The van der Waals surface area contributed by atoms with Gasteiger partial charge in [-0.2, -0.15) is 0 Å². The van der Waals surface area contributed by atoms with Crippen molar-refractivity contribution in [1.82, 2.24) is 30.1 Å². The zero-order chi connectivity index (χ0) is 26.3. The van der Waals surface area contributed by atoms with Crippen LogP contribution in [-0.4, -0.2) is 63.4 Å². The van der Waals surface area contributed by atoms with E-state index in [9.17, 15) is 4.79 Å². The van der Waals surface area contributed by atoms with Crippen LogP contribution in [0, 0.1) is 6.92 Å². The molecule has 0 radical (unpaired) electrons. The average Bonchev–Trinajstić information content (AvgIpc) is 3.36. The van der Waals surface area contributed by atoms with Gasteiger partial charge in [-0.3, -0.25) is 9.69 Å². The lowest BCUT2D eigenvalue weighted by atomic mass is 10.0. The zero-order valence-corrected chi connectivity index (χ0v) is 22.6. The maximum absolute atomic E-state index is 13.5. The molecule has 1 aliphatic heterocycles. The summed E-state index contributed by atoms with van der Waals surface area (Å²) in [7, 11) is 1.63. The number of fused-ring (bicyclic) bond motifs is 1. The van der Waals surface area contributed by atoms with E-state index in [2.05, 4.69) is 58.0 Å². The van der Waals surface area contributed by atoms with Crippen LogP contribution in [0.1, 0.15) is 43.8 Å². The molecule has 0 bridgehead atoms. The van der Waals surface area contributed by atoms with Gasteiger partial charge in [0.25, 0.3) is 5.56 Å². The van der Waals surface area contributed by atoms with Crippen molar-refractivity contribution in [3.05, 3.63) is 74.8 Å². The van der Waals surface area contributed by atoms with Crippen LogP contribution in [0.15, 0.2) is 47.3 Å². The molecule has 10 heteroatoms. The number of benzene rings is 2.